The molecule has 0 heterocycles. The summed E-state index contributed by atoms with van der Waals surface area (Å²) >= 11 is 0. The summed E-state index contributed by atoms with van der Waals surface area (Å²) in [5, 5.41) is 0. The summed E-state index contributed by atoms with van der Waals surface area (Å²) in [6.07, 6.45) is 1.47. The molecule has 1 N–H and O–H groups in total. The highest BCUT2D eigenvalue weighted by atomic mass is 32.2. The number of rotatable bonds is 7. The van der Waals surface area contributed by atoms with Gasteiger partial charge in [0.25, 0.3) is 0 Å². The van der Waals surface area contributed by atoms with Gasteiger partial charge in [-0.25, -0.2) is 17.5 Å². The fourth-order valence-electron chi connectivity index (χ4n) is 2.02. The fraction of sp³-hybridized carbons (Fsp3) is 0.235. The molecule has 0 saturated carbocycles. The van der Waals surface area contributed by atoms with Gasteiger partial charge in [0.2, 0.25) is 10.0 Å². The summed E-state index contributed by atoms with van der Waals surface area (Å²) in [6.45, 7) is -0.110. The minimum Gasteiger partial charge on any atom is -0.427 e. The number of esters is 1. The number of halogens is 1. The van der Waals surface area contributed by atoms with E-state index in [2.05, 4.69) is 4.72 Å². The smallest absolute Gasteiger partial charge is 0.311 e. The number of para-hydroxylation sites is 1. The molecule has 0 aliphatic heterocycles. The lowest BCUT2D eigenvalue weighted by Gasteiger charge is -2.07. The minimum absolute atomic E-state index is 0.110. The normalized spacial score (nSPS) is 11.2. The van der Waals surface area contributed by atoms with Crippen LogP contribution in [0.2, 0.25) is 0 Å². The van der Waals surface area contributed by atoms with Crippen LogP contribution >= 0.6 is 0 Å². The Morgan fingerprint density at radius 3 is 2.50 bits per heavy atom. The van der Waals surface area contributed by atoms with Crippen LogP contribution in [0.15, 0.2) is 48.5 Å². The van der Waals surface area contributed by atoms with Gasteiger partial charge in [0.1, 0.15) is 11.6 Å². The quantitative estimate of drug-likeness (QED) is 0.614. The number of hydrogen-bond acceptors (Lipinski definition) is 4. The number of hydrogen-bond donors (Lipinski definition) is 1. The molecule has 2 aromatic rings. The lowest BCUT2D eigenvalue weighted by Crippen LogP contribution is -2.21. The molecule has 0 saturated heterocycles. The van der Waals surface area contributed by atoms with Crippen molar-refractivity contribution in [3.05, 3.63) is 65.5 Å². The Bertz CT molecular complexity index is 807. The first-order valence-electron chi connectivity index (χ1n) is 7.31. The molecule has 0 atom stereocenters. The second-order valence-electron chi connectivity index (χ2n) is 5.31. The van der Waals surface area contributed by atoms with Crippen molar-refractivity contribution >= 4 is 16.0 Å². The van der Waals surface area contributed by atoms with E-state index in [1.165, 1.54) is 12.1 Å². The summed E-state index contributed by atoms with van der Waals surface area (Å²) < 4.78 is 43.4. The van der Waals surface area contributed by atoms with E-state index in [0.717, 1.165) is 6.26 Å². The molecular formula is C17H18FNO4S. The van der Waals surface area contributed by atoms with Crippen LogP contribution in [-0.2, 0) is 27.8 Å². The number of nitrogens with one attached hydrogen (secondary N) is 1. The Kier molecular flexibility index (Phi) is 6.05. The Morgan fingerprint density at radius 2 is 1.88 bits per heavy atom. The molecule has 2 rings (SSSR count). The van der Waals surface area contributed by atoms with Gasteiger partial charge in [0, 0.05) is 18.5 Å². The first-order chi connectivity index (χ1) is 11.3. The van der Waals surface area contributed by atoms with Gasteiger partial charge in [-0.05, 0) is 30.2 Å². The van der Waals surface area contributed by atoms with Crippen LogP contribution in [0.5, 0.6) is 5.75 Å². The lowest BCUT2D eigenvalue weighted by molar-refractivity contribution is -0.134. The summed E-state index contributed by atoms with van der Waals surface area (Å²) in [6, 6.07) is 13.2. The van der Waals surface area contributed by atoms with E-state index in [0.29, 0.717) is 17.7 Å². The van der Waals surface area contributed by atoms with Gasteiger partial charge in [0.15, 0.2) is 0 Å². The van der Waals surface area contributed by atoms with Crippen LogP contribution in [0, 0.1) is 5.82 Å². The molecule has 0 aliphatic carbocycles. The third-order valence-electron chi connectivity index (χ3n) is 3.23. The average Bonchev–Trinajstić information content (AvgIpc) is 2.52. The van der Waals surface area contributed by atoms with Crippen LogP contribution in [0.3, 0.4) is 0 Å². The summed E-state index contributed by atoms with van der Waals surface area (Å²) in [5.41, 5.74) is 0.886. The number of sulfonamides is 1. The Balaban J connectivity index is 1.89. The van der Waals surface area contributed by atoms with Crippen LogP contribution in [-0.4, -0.2) is 20.6 Å². The van der Waals surface area contributed by atoms with Crippen LogP contribution < -0.4 is 9.46 Å². The molecule has 0 aliphatic rings. The zero-order chi connectivity index (χ0) is 17.6. The maximum Gasteiger partial charge on any atom is 0.311 e. The molecule has 0 radical (unpaired) electrons. The molecule has 7 heteroatoms. The van der Waals surface area contributed by atoms with E-state index in [1.807, 2.05) is 6.07 Å². The predicted octanol–water partition coefficient (Wildman–Crippen LogP) is 2.41. The molecule has 0 bridgehead atoms. The highest BCUT2D eigenvalue weighted by molar-refractivity contribution is 7.88. The van der Waals surface area contributed by atoms with Gasteiger partial charge in [-0.2, -0.15) is 0 Å². The van der Waals surface area contributed by atoms with Crippen molar-refractivity contribution < 1.29 is 22.3 Å². The second kappa shape index (κ2) is 8.03. The molecule has 5 nitrogen and oxygen atoms in total. The van der Waals surface area contributed by atoms with Crippen molar-refractivity contribution in [1.82, 2.24) is 4.72 Å². The summed E-state index contributed by atoms with van der Waals surface area (Å²) in [7, 11) is -3.38. The average molecular weight is 351 g/mol. The molecule has 0 aromatic heterocycles. The first kappa shape index (κ1) is 18.1. The van der Waals surface area contributed by atoms with Crippen molar-refractivity contribution in [2.45, 2.75) is 19.4 Å². The molecule has 2 aromatic carbocycles. The van der Waals surface area contributed by atoms with E-state index < -0.39 is 21.8 Å². The Hall–Kier alpha value is -2.25. The van der Waals surface area contributed by atoms with Gasteiger partial charge in [-0.3, -0.25) is 4.79 Å². The van der Waals surface area contributed by atoms with Gasteiger partial charge in [-0.1, -0.05) is 30.3 Å². The van der Waals surface area contributed by atoms with Crippen molar-refractivity contribution in [3.63, 3.8) is 0 Å². The molecule has 0 amide bonds. The van der Waals surface area contributed by atoms with E-state index in [1.54, 1.807) is 30.3 Å². The van der Waals surface area contributed by atoms with Gasteiger partial charge in [0.05, 0.1) is 6.26 Å². The molecule has 24 heavy (non-hydrogen) atoms. The third kappa shape index (κ3) is 6.10. The first-order valence-corrected chi connectivity index (χ1v) is 9.20. The highest BCUT2D eigenvalue weighted by Crippen LogP contribution is 2.14. The highest BCUT2D eigenvalue weighted by Gasteiger charge is 2.09. The number of carbonyl (C=O) groups is 1. The molecule has 0 fully saturated rings. The summed E-state index contributed by atoms with van der Waals surface area (Å²) in [4.78, 5) is 11.8. The predicted molar refractivity (Wildman–Crippen MR) is 88.5 cm³/mol. The Labute approximate surface area is 140 Å². The second-order valence-corrected chi connectivity index (χ2v) is 7.14. The largest absolute Gasteiger partial charge is 0.427 e. The van der Waals surface area contributed by atoms with Gasteiger partial charge in [-0.15, -0.1) is 0 Å². The lowest BCUT2D eigenvalue weighted by atomic mass is 10.1. The van der Waals surface area contributed by atoms with Crippen LogP contribution in [0.1, 0.15) is 17.5 Å². The topological polar surface area (TPSA) is 72.5 Å². The third-order valence-corrected chi connectivity index (χ3v) is 3.90. The van der Waals surface area contributed by atoms with Crippen molar-refractivity contribution in [3.8, 4) is 5.75 Å². The fourth-order valence-corrected chi connectivity index (χ4v) is 2.43. The Morgan fingerprint density at radius 1 is 1.17 bits per heavy atom. The maximum atomic E-state index is 13.9. The van der Waals surface area contributed by atoms with Crippen LogP contribution in [0.4, 0.5) is 4.39 Å². The van der Waals surface area contributed by atoms with E-state index in [9.17, 15) is 17.6 Å². The van der Waals surface area contributed by atoms with Crippen LogP contribution in [0.25, 0.3) is 0 Å². The number of carbonyl (C=O) groups excluding carboxylic acids is 1. The van der Waals surface area contributed by atoms with E-state index in [4.69, 9.17) is 4.74 Å². The minimum atomic E-state index is -3.38. The van der Waals surface area contributed by atoms with Crippen molar-refractivity contribution in [2.75, 3.05) is 6.26 Å². The SMILES string of the molecule is CS(=O)(=O)NCc1ccc(CCC(=O)Oc2ccccc2)cc1F. The standard InChI is InChI=1S/C17H18FNO4S/c1-24(21,22)19-12-14-9-7-13(11-16(14)18)8-10-17(20)23-15-5-3-2-4-6-15/h2-7,9,11,19H,8,10,12H2,1H3. The van der Waals surface area contributed by atoms with Crippen molar-refractivity contribution in [1.29, 1.82) is 0 Å². The molecule has 0 spiro atoms. The molecular weight excluding hydrogens is 333 g/mol. The number of ether oxygens (including phenoxy) is 1. The van der Waals surface area contributed by atoms with Gasteiger partial charge < -0.3 is 4.74 Å². The molecule has 0 unspecified atom stereocenters. The monoisotopic (exact) mass is 351 g/mol. The van der Waals surface area contributed by atoms with Gasteiger partial charge >= 0.3 is 5.97 Å². The van der Waals surface area contributed by atoms with Crippen molar-refractivity contribution in [2.24, 2.45) is 0 Å². The van der Waals surface area contributed by atoms with E-state index in [-0.39, 0.29) is 18.5 Å². The molecule has 128 valence electrons. The zero-order valence-corrected chi connectivity index (χ0v) is 14.0. The summed E-state index contributed by atoms with van der Waals surface area (Å²) in [5.74, 6) is -0.444. The van der Waals surface area contributed by atoms with E-state index >= 15 is 0 Å². The number of benzene rings is 2. The zero-order valence-electron chi connectivity index (χ0n) is 13.2. The maximum absolute atomic E-state index is 13.9. The number of aryl methyl sites for hydroxylation is 1.